The first kappa shape index (κ1) is 12.4. The van der Waals surface area contributed by atoms with Crippen molar-refractivity contribution in [2.45, 2.75) is 39.5 Å². The molecule has 1 aromatic rings. The Morgan fingerprint density at radius 3 is 2.59 bits per heavy atom. The summed E-state index contributed by atoms with van der Waals surface area (Å²) in [5.41, 5.74) is 2.19. The highest BCUT2D eigenvalue weighted by Crippen LogP contribution is 2.22. The summed E-state index contributed by atoms with van der Waals surface area (Å²) in [6.07, 6.45) is 0.538. The number of ether oxygens (including phenoxy) is 1. The molecule has 1 aromatic carbocycles. The largest absolute Gasteiger partial charge is 0.508 e. The molecule has 1 fully saturated rings. The van der Waals surface area contributed by atoms with Crippen LogP contribution in [0.4, 0.5) is 0 Å². The third-order valence-electron chi connectivity index (χ3n) is 3.12. The van der Waals surface area contributed by atoms with E-state index in [9.17, 15) is 5.11 Å². The summed E-state index contributed by atoms with van der Waals surface area (Å²) in [4.78, 5) is 2.34. The fraction of sp³-hybridized carbons (Fsp3) is 0.571. The van der Waals surface area contributed by atoms with Gasteiger partial charge in [-0.2, -0.15) is 0 Å². The van der Waals surface area contributed by atoms with E-state index in [0.717, 1.165) is 25.2 Å². The van der Waals surface area contributed by atoms with Crippen LogP contribution in [-0.4, -0.2) is 35.3 Å². The van der Waals surface area contributed by atoms with Crippen LogP contribution in [0.25, 0.3) is 0 Å². The molecule has 0 spiro atoms. The molecule has 2 unspecified atom stereocenters. The molecule has 1 aliphatic heterocycles. The number of nitrogens with zero attached hydrogens (tertiary/aromatic N) is 1. The molecule has 1 saturated heterocycles. The Bertz CT molecular complexity index is 382. The molecular weight excluding hydrogens is 214 g/mol. The second-order valence-electron chi connectivity index (χ2n) is 5.08. The summed E-state index contributed by atoms with van der Waals surface area (Å²) >= 11 is 0. The van der Waals surface area contributed by atoms with Gasteiger partial charge in [0.05, 0.1) is 12.2 Å². The van der Waals surface area contributed by atoms with Crippen molar-refractivity contribution < 1.29 is 9.84 Å². The van der Waals surface area contributed by atoms with Crippen LogP contribution in [0, 0.1) is 6.92 Å². The Kier molecular flexibility index (Phi) is 3.69. The van der Waals surface area contributed by atoms with Gasteiger partial charge in [0.15, 0.2) is 0 Å². The molecule has 0 aliphatic carbocycles. The molecule has 0 saturated carbocycles. The van der Waals surface area contributed by atoms with Gasteiger partial charge in [0.1, 0.15) is 5.75 Å². The second-order valence-corrected chi connectivity index (χ2v) is 5.08. The molecule has 3 heteroatoms. The Labute approximate surface area is 103 Å². The van der Waals surface area contributed by atoms with Crippen LogP contribution in [0.3, 0.4) is 0 Å². The third kappa shape index (κ3) is 3.20. The van der Waals surface area contributed by atoms with E-state index in [-0.39, 0.29) is 12.2 Å². The van der Waals surface area contributed by atoms with Gasteiger partial charge in [-0.05, 0) is 26.8 Å². The summed E-state index contributed by atoms with van der Waals surface area (Å²) < 4.78 is 5.70. The number of benzene rings is 1. The Morgan fingerprint density at radius 1 is 1.29 bits per heavy atom. The lowest BCUT2D eigenvalue weighted by Crippen LogP contribution is -2.44. The van der Waals surface area contributed by atoms with Gasteiger partial charge in [-0.1, -0.05) is 17.7 Å². The van der Waals surface area contributed by atoms with Gasteiger partial charge in [-0.15, -0.1) is 0 Å². The van der Waals surface area contributed by atoms with E-state index >= 15 is 0 Å². The minimum atomic E-state index is 0.269. The van der Waals surface area contributed by atoms with E-state index < -0.39 is 0 Å². The highest BCUT2D eigenvalue weighted by Gasteiger charge is 2.22. The molecule has 2 atom stereocenters. The van der Waals surface area contributed by atoms with Gasteiger partial charge in [-0.3, -0.25) is 4.90 Å². The van der Waals surface area contributed by atoms with Crippen LogP contribution in [0.5, 0.6) is 5.75 Å². The van der Waals surface area contributed by atoms with E-state index in [1.807, 2.05) is 13.0 Å². The van der Waals surface area contributed by atoms with Crippen molar-refractivity contribution in [1.82, 2.24) is 4.90 Å². The van der Waals surface area contributed by atoms with Crippen molar-refractivity contribution >= 4 is 0 Å². The molecule has 1 heterocycles. The van der Waals surface area contributed by atoms with Gasteiger partial charge in [0, 0.05) is 25.2 Å². The first-order valence-corrected chi connectivity index (χ1v) is 6.21. The predicted molar refractivity (Wildman–Crippen MR) is 68.1 cm³/mol. The highest BCUT2D eigenvalue weighted by atomic mass is 16.5. The second kappa shape index (κ2) is 5.07. The van der Waals surface area contributed by atoms with E-state index in [1.165, 1.54) is 5.56 Å². The average Bonchev–Trinajstić information content (AvgIpc) is 2.22. The van der Waals surface area contributed by atoms with Crippen molar-refractivity contribution in [3.05, 3.63) is 29.3 Å². The van der Waals surface area contributed by atoms with Crippen LogP contribution < -0.4 is 0 Å². The molecule has 0 bridgehead atoms. The van der Waals surface area contributed by atoms with E-state index in [2.05, 4.69) is 24.8 Å². The first-order chi connectivity index (χ1) is 8.04. The number of aryl methyl sites for hydroxylation is 1. The molecule has 0 radical (unpaired) electrons. The van der Waals surface area contributed by atoms with Crippen molar-refractivity contribution in [1.29, 1.82) is 0 Å². The van der Waals surface area contributed by atoms with E-state index in [4.69, 9.17) is 4.74 Å². The number of rotatable bonds is 2. The zero-order valence-electron chi connectivity index (χ0n) is 10.8. The average molecular weight is 235 g/mol. The summed E-state index contributed by atoms with van der Waals surface area (Å²) in [5, 5.41) is 9.84. The monoisotopic (exact) mass is 235 g/mol. The molecule has 1 N–H and O–H groups in total. The number of phenols is 1. The van der Waals surface area contributed by atoms with Crippen LogP contribution in [0.15, 0.2) is 18.2 Å². The van der Waals surface area contributed by atoms with Crippen molar-refractivity contribution in [3.8, 4) is 5.75 Å². The summed E-state index contributed by atoms with van der Waals surface area (Å²) in [7, 11) is 0. The predicted octanol–water partition coefficient (Wildman–Crippen LogP) is 2.31. The number of aromatic hydroxyl groups is 1. The fourth-order valence-corrected chi connectivity index (χ4v) is 2.50. The summed E-state index contributed by atoms with van der Waals surface area (Å²) in [6, 6.07) is 5.77. The maximum absolute atomic E-state index is 9.84. The van der Waals surface area contributed by atoms with Crippen molar-refractivity contribution in [2.24, 2.45) is 0 Å². The zero-order valence-corrected chi connectivity index (χ0v) is 10.8. The molecular formula is C14H21NO2. The van der Waals surface area contributed by atoms with Gasteiger partial charge in [0.25, 0.3) is 0 Å². The Balaban J connectivity index is 2.07. The normalized spacial score (nSPS) is 26.1. The molecule has 2 rings (SSSR count). The number of hydrogen-bond acceptors (Lipinski definition) is 3. The van der Waals surface area contributed by atoms with E-state index in [1.54, 1.807) is 6.07 Å². The quantitative estimate of drug-likeness (QED) is 0.854. The third-order valence-corrected chi connectivity index (χ3v) is 3.12. The number of hydrogen-bond donors (Lipinski definition) is 1. The fourth-order valence-electron chi connectivity index (χ4n) is 2.50. The molecule has 17 heavy (non-hydrogen) atoms. The number of phenolic OH excluding ortho intramolecular Hbond substituents is 1. The minimum Gasteiger partial charge on any atom is -0.508 e. The summed E-state index contributed by atoms with van der Waals surface area (Å²) in [5.74, 6) is 0.391. The van der Waals surface area contributed by atoms with Gasteiger partial charge in [0.2, 0.25) is 0 Å². The lowest BCUT2D eigenvalue weighted by atomic mass is 10.1. The smallest absolute Gasteiger partial charge is 0.120 e. The number of morpholine rings is 1. The topological polar surface area (TPSA) is 32.7 Å². The van der Waals surface area contributed by atoms with Crippen molar-refractivity contribution in [2.75, 3.05) is 13.1 Å². The van der Waals surface area contributed by atoms with Gasteiger partial charge < -0.3 is 9.84 Å². The Hall–Kier alpha value is -1.06. The highest BCUT2D eigenvalue weighted by molar-refractivity contribution is 5.35. The van der Waals surface area contributed by atoms with Crippen LogP contribution in [0.1, 0.15) is 25.0 Å². The van der Waals surface area contributed by atoms with E-state index in [0.29, 0.717) is 5.75 Å². The summed E-state index contributed by atoms with van der Waals surface area (Å²) in [6.45, 7) is 8.89. The Morgan fingerprint density at radius 2 is 1.94 bits per heavy atom. The maximum Gasteiger partial charge on any atom is 0.120 e. The first-order valence-electron chi connectivity index (χ1n) is 6.21. The SMILES string of the molecule is Cc1ccc(O)c(CN2CC(C)OC(C)C2)c1. The van der Waals surface area contributed by atoms with Gasteiger partial charge >= 0.3 is 0 Å². The molecule has 94 valence electrons. The lowest BCUT2D eigenvalue weighted by Gasteiger charge is -2.35. The molecule has 1 aliphatic rings. The molecule has 3 nitrogen and oxygen atoms in total. The lowest BCUT2D eigenvalue weighted by molar-refractivity contribution is -0.0706. The molecule has 0 aromatic heterocycles. The van der Waals surface area contributed by atoms with Crippen LogP contribution in [0.2, 0.25) is 0 Å². The van der Waals surface area contributed by atoms with Crippen LogP contribution in [-0.2, 0) is 11.3 Å². The minimum absolute atomic E-state index is 0.269. The molecule has 0 amide bonds. The van der Waals surface area contributed by atoms with Gasteiger partial charge in [-0.25, -0.2) is 0 Å². The standard InChI is InChI=1S/C14H21NO2/c1-10-4-5-14(16)13(6-10)9-15-7-11(2)17-12(3)8-15/h4-6,11-12,16H,7-9H2,1-3H3. The van der Waals surface area contributed by atoms with Crippen LogP contribution >= 0.6 is 0 Å². The maximum atomic E-state index is 9.84. The zero-order chi connectivity index (χ0) is 12.4. The van der Waals surface area contributed by atoms with Crippen molar-refractivity contribution in [3.63, 3.8) is 0 Å².